The quantitative estimate of drug-likeness (QED) is 0.695. The fourth-order valence-electron chi connectivity index (χ4n) is 1.71. The minimum absolute atomic E-state index is 0.0518. The van der Waals surface area contributed by atoms with E-state index in [2.05, 4.69) is 0 Å². The highest BCUT2D eigenvalue weighted by atomic mass is 32.2. The van der Waals surface area contributed by atoms with E-state index in [1.807, 2.05) is 30.3 Å². The van der Waals surface area contributed by atoms with E-state index in [1.165, 1.54) is 23.9 Å². The van der Waals surface area contributed by atoms with E-state index >= 15 is 0 Å². The predicted molar refractivity (Wildman–Crippen MR) is 81.4 cm³/mol. The normalized spacial score (nSPS) is 10.3. The van der Waals surface area contributed by atoms with Crippen molar-refractivity contribution in [3.8, 4) is 0 Å². The Bertz CT molecular complexity index is 584. The van der Waals surface area contributed by atoms with Crippen molar-refractivity contribution in [2.24, 2.45) is 0 Å². The highest BCUT2D eigenvalue weighted by molar-refractivity contribution is 8.00. The van der Waals surface area contributed by atoms with Gasteiger partial charge in [-0.1, -0.05) is 18.2 Å². The summed E-state index contributed by atoms with van der Waals surface area (Å²) in [5.41, 5.74) is 6.76. The van der Waals surface area contributed by atoms with Crippen molar-refractivity contribution in [3.05, 3.63) is 54.3 Å². The highest BCUT2D eigenvalue weighted by Gasteiger charge is 2.11. The first-order chi connectivity index (χ1) is 9.56. The van der Waals surface area contributed by atoms with Gasteiger partial charge in [-0.25, -0.2) is 4.39 Å². The fraction of sp³-hybridized carbons (Fsp3) is 0.133. The number of anilines is 2. The number of thioether (sulfide) groups is 1. The molecule has 0 radical (unpaired) electrons. The monoisotopic (exact) mass is 290 g/mol. The molecule has 0 saturated heterocycles. The molecular formula is C15H15FN2OS. The standard InChI is InChI=1S/C15H15FN2OS/c1-18(13-5-3-2-4-6-13)15(19)10-20-14-8-11(16)7-12(17)9-14/h2-9H,10,17H2,1H3. The van der Waals surface area contributed by atoms with E-state index in [9.17, 15) is 9.18 Å². The molecule has 0 spiro atoms. The van der Waals surface area contributed by atoms with Crippen LogP contribution in [0.15, 0.2) is 53.4 Å². The zero-order valence-corrected chi connectivity index (χ0v) is 11.9. The Morgan fingerprint density at radius 3 is 2.60 bits per heavy atom. The molecule has 1 amide bonds. The van der Waals surface area contributed by atoms with Crippen molar-refractivity contribution < 1.29 is 9.18 Å². The molecule has 2 N–H and O–H groups in total. The Labute approximate surface area is 121 Å². The summed E-state index contributed by atoms with van der Waals surface area (Å²) in [5, 5.41) is 0. The zero-order valence-electron chi connectivity index (χ0n) is 11.0. The third-order valence-corrected chi connectivity index (χ3v) is 3.73. The molecule has 0 aliphatic heterocycles. The second-order valence-corrected chi connectivity index (χ2v) is 5.35. The average Bonchev–Trinajstić information content (AvgIpc) is 2.44. The molecule has 2 aromatic rings. The highest BCUT2D eigenvalue weighted by Crippen LogP contribution is 2.23. The van der Waals surface area contributed by atoms with Crippen molar-refractivity contribution in [1.29, 1.82) is 0 Å². The summed E-state index contributed by atoms with van der Waals surface area (Å²) in [4.78, 5) is 14.3. The van der Waals surface area contributed by atoms with Crippen LogP contribution in [0.5, 0.6) is 0 Å². The number of nitrogens with two attached hydrogens (primary N) is 1. The van der Waals surface area contributed by atoms with Crippen molar-refractivity contribution in [2.75, 3.05) is 23.4 Å². The van der Waals surface area contributed by atoms with Crippen molar-refractivity contribution in [3.63, 3.8) is 0 Å². The number of hydrogen-bond donors (Lipinski definition) is 1. The minimum atomic E-state index is -0.392. The van der Waals surface area contributed by atoms with Crippen LogP contribution in [0.1, 0.15) is 0 Å². The maximum atomic E-state index is 13.2. The maximum absolute atomic E-state index is 13.2. The van der Waals surface area contributed by atoms with Crippen molar-refractivity contribution in [2.45, 2.75) is 4.90 Å². The lowest BCUT2D eigenvalue weighted by Crippen LogP contribution is -2.27. The van der Waals surface area contributed by atoms with Gasteiger partial charge in [0, 0.05) is 23.3 Å². The van der Waals surface area contributed by atoms with Crippen LogP contribution in [-0.2, 0) is 4.79 Å². The molecule has 0 unspecified atom stereocenters. The summed E-state index contributed by atoms with van der Waals surface area (Å²) in [7, 11) is 1.72. The third kappa shape index (κ3) is 3.74. The second kappa shape index (κ2) is 6.43. The number of halogens is 1. The first-order valence-electron chi connectivity index (χ1n) is 6.07. The van der Waals surface area contributed by atoms with Gasteiger partial charge < -0.3 is 10.6 Å². The summed E-state index contributed by atoms with van der Waals surface area (Å²) >= 11 is 1.27. The van der Waals surface area contributed by atoms with E-state index < -0.39 is 5.82 Å². The van der Waals surface area contributed by atoms with Gasteiger partial charge in [-0.2, -0.15) is 0 Å². The summed E-state index contributed by atoms with van der Waals surface area (Å²) in [6, 6.07) is 13.7. The zero-order chi connectivity index (χ0) is 14.5. The summed E-state index contributed by atoms with van der Waals surface area (Å²) in [6.45, 7) is 0. The van der Waals surface area contributed by atoms with Crippen LogP contribution in [0.3, 0.4) is 0 Å². The largest absolute Gasteiger partial charge is 0.399 e. The SMILES string of the molecule is CN(C(=O)CSc1cc(N)cc(F)c1)c1ccccc1. The summed E-state index contributed by atoms with van der Waals surface area (Å²) in [5.74, 6) is -0.214. The maximum Gasteiger partial charge on any atom is 0.237 e. The molecule has 0 heterocycles. The lowest BCUT2D eigenvalue weighted by molar-refractivity contribution is -0.115. The number of amides is 1. The lowest BCUT2D eigenvalue weighted by atomic mass is 10.3. The number of carbonyl (C=O) groups is 1. The molecule has 0 aromatic heterocycles. The Morgan fingerprint density at radius 1 is 1.25 bits per heavy atom. The first kappa shape index (κ1) is 14.4. The summed E-state index contributed by atoms with van der Waals surface area (Å²) < 4.78 is 13.2. The first-order valence-corrected chi connectivity index (χ1v) is 7.05. The van der Waals surface area contributed by atoms with Gasteiger partial charge in [-0.3, -0.25) is 4.79 Å². The molecule has 0 aliphatic rings. The second-order valence-electron chi connectivity index (χ2n) is 4.30. The van der Waals surface area contributed by atoms with Crippen LogP contribution >= 0.6 is 11.8 Å². The Balaban J connectivity index is 1.98. The number of carbonyl (C=O) groups excluding carboxylic acids is 1. The number of nitrogens with zero attached hydrogens (tertiary/aromatic N) is 1. The molecule has 0 aliphatic carbocycles. The van der Waals surface area contributed by atoms with Crippen LogP contribution in [0.25, 0.3) is 0 Å². The van der Waals surface area contributed by atoms with Crippen LogP contribution in [0, 0.1) is 5.82 Å². The van der Waals surface area contributed by atoms with Crippen LogP contribution in [-0.4, -0.2) is 18.7 Å². The topological polar surface area (TPSA) is 46.3 Å². The van der Waals surface area contributed by atoms with E-state index in [1.54, 1.807) is 18.0 Å². The number of hydrogen-bond acceptors (Lipinski definition) is 3. The molecular weight excluding hydrogens is 275 g/mol. The smallest absolute Gasteiger partial charge is 0.237 e. The van der Waals surface area contributed by atoms with Crippen LogP contribution < -0.4 is 10.6 Å². The molecule has 20 heavy (non-hydrogen) atoms. The predicted octanol–water partition coefficient (Wildman–Crippen LogP) is 3.16. The average molecular weight is 290 g/mol. The third-order valence-electron chi connectivity index (χ3n) is 2.77. The van der Waals surface area contributed by atoms with Gasteiger partial charge in [0.15, 0.2) is 0 Å². The molecule has 0 atom stereocenters. The van der Waals surface area contributed by atoms with E-state index in [0.717, 1.165) is 5.69 Å². The molecule has 3 nitrogen and oxygen atoms in total. The fourth-order valence-corrected chi connectivity index (χ4v) is 2.60. The summed E-state index contributed by atoms with van der Waals surface area (Å²) in [6.07, 6.45) is 0. The van der Waals surface area contributed by atoms with Gasteiger partial charge in [0.05, 0.1) is 5.75 Å². The molecule has 0 bridgehead atoms. The van der Waals surface area contributed by atoms with Gasteiger partial charge in [0.2, 0.25) is 5.91 Å². The molecule has 2 rings (SSSR count). The molecule has 104 valence electrons. The van der Waals surface area contributed by atoms with E-state index in [-0.39, 0.29) is 11.7 Å². The number of rotatable bonds is 4. The van der Waals surface area contributed by atoms with Gasteiger partial charge >= 0.3 is 0 Å². The van der Waals surface area contributed by atoms with Gasteiger partial charge in [0.25, 0.3) is 0 Å². The Kier molecular flexibility index (Phi) is 4.63. The minimum Gasteiger partial charge on any atom is -0.399 e. The van der Waals surface area contributed by atoms with Gasteiger partial charge in [0.1, 0.15) is 5.82 Å². The van der Waals surface area contributed by atoms with E-state index in [4.69, 9.17) is 5.73 Å². The number of para-hydroxylation sites is 1. The molecule has 5 heteroatoms. The van der Waals surface area contributed by atoms with Gasteiger partial charge in [-0.05, 0) is 30.3 Å². The number of nitrogen functional groups attached to an aromatic ring is 1. The van der Waals surface area contributed by atoms with Crippen LogP contribution in [0.4, 0.5) is 15.8 Å². The van der Waals surface area contributed by atoms with Crippen molar-refractivity contribution >= 4 is 29.0 Å². The van der Waals surface area contributed by atoms with Crippen molar-refractivity contribution in [1.82, 2.24) is 0 Å². The van der Waals surface area contributed by atoms with Gasteiger partial charge in [-0.15, -0.1) is 11.8 Å². The molecule has 2 aromatic carbocycles. The van der Waals surface area contributed by atoms with Crippen LogP contribution in [0.2, 0.25) is 0 Å². The Morgan fingerprint density at radius 2 is 1.95 bits per heavy atom. The molecule has 0 saturated carbocycles. The lowest BCUT2D eigenvalue weighted by Gasteiger charge is -2.17. The molecule has 0 fully saturated rings. The van der Waals surface area contributed by atoms with E-state index in [0.29, 0.717) is 10.6 Å². The number of benzene rings is 2. The Hall–Kier alpha value is -2.01.